The summed E-state index contributed by atoms with van der Waals surface area (Å²) in [6.45, 7) is 8.54. The van der Waals surface area contributed by atoms with Crippen LogP contribution in [0.4, 0.5) is 0 Å². The van der Waals surface area contributed by atoms with E-state index in [9.17, 15) is 0 Å². The van der Waals surface area contributed by atoms with Crippen molar-refractivity contribution in [2.45, 2.75) is 52.6 Å². The van der Waals surface area contributed by atoms with Crippen LogP contribution in [0.2, 0.25) is 0 Å². The molecule has 0 amide bonds. The van der Waals surface area contributed by atoms with Crippen molar-refractivity contribution in [3.8, 4) is 0 Å². The highest BCUT2D eigenvalue weighted by atomic mass is 15.3. The molecule has 20 heavy (non-hydrogen) atoms. The highest BCUT2D eigenvalue weighted by molar-refractivity contribution is 5.31. The Morgan fingerprint density at radius 1 is 1.15 bits per heavy atom. The van der Waals surface area contributed by atoms with Crippen LogP contribution in [0.25, 0.3) is 0 Å². The van der Waals surface area contributed by atoms with Gasteiger partial charge in [-0.3, -0.25) is 4.68 Å². The van der Waals surface area contributed by atoms with Crippen molar-refractivity contribution in [1.82, 2.24) is 9.78 Å². The third-order valence-electron chi connectivity index (χ3n) is 3.65. The van der Waals surface area contributed by atoms with Crippen LogP contribution in [0.5, 0.6) is 0 Å². The van der Waals surface area contributed by atoms with Crippen molar-refractivity contribution < 1.29 is 0 Å². The van der Waals surface area contributed by atoms with E-state index in [-0.39, 0.29) is 6.04 Å². The third kappa shape index (κ3) is 3.70. The van der Waals surface area contributed by atoms with Crippen molar-refractivity contribution in [3.63, 3.8) is 0 Å². The van der Waals surface area contributed by atoms with Crippen LogP contribution in [0.1, 0.15) is 42.3 Å². The fourth-order valence-corrected chi connectivity index (χ4v) is 2.42. The molecule has 0 fully saturated rings. The Hall–Kier alpha value is -1.61. The van der Waals surface area contributed by atoms with Crippen molar-refractivity contribution in [2.75, 3.05) is 0 Å². The summed E-state index contributed by atoms with van der Waals surface area (Å²) in [6.07, 6.45) is 3.76. The minimum absolute atomic E-state index is 0.117. The summed E-state index contributed by atoms with van der Waals surface area (Å²) in [5.41, 5.74) is 11.3. The van der Waals surface area contributed by atoms with E-state index in [4.69, 9.17) is 5.73 Å². The van der Waals surface area contributed by atoms with Gasteiger partial charge in [0.1, 0.15) is 0 Å². The van der Waals surface area contributed by atoms with Gasteiger partial charge in [-0.25, -0.2) is 0 Å². The smallest absolute Gasteiger partial charge is 0.0640 e. The number of aromatic nitrogens is 2. The molecule has 0 spiro atoms. The van der Waals surface area contributed by atoms with Gasteiger partial charge in [0.2, 0.25) is 0 Å². The zero-order chi connectivity index (χ0) is 14.7. The number of rotatable bonds is 5. The Labute approximate surface area is 121 Å². The quantitative estimate of drug-likeness (QED) is 0.907. The molecular formula is C17H25N3. The largest absolute Gasteiger partial charge is 0.327 e. The van der Waals surface area contributed by atoms with Gasteiger partial charge in [0.05, 0.1) is 5.69 Å². The predicted molar refractivity (Wildman–Crippen MR) is 83.9 cm³/mol. The van der Waals surface area contributed by atoms with Gasteiger partial charge >= 0.3 is 0 Å². The van der Waals surface area contributed by atoms with E-state index in [0.29, 0.717) is 6.04 Å². The first-order valence-corrected chi connectivity index (χ1v) is 7.31. The lowest BCUT2D eigenvalue weighted by atomic mass is 9.97. The van der Waals surface area contributed by atoms with Crippen LogP contribution in [0.15, 0.2) is 30.5 Å². The number of hydrogen-bond acceptors (Lipinski definition) is 2. The second-order valence-corrected chi connectivity index (χ2v) is 5.98. The predicted octanol–water partition coefficient (Wildman–Crippen LogP) is 3.19. The Morgan fingerprint density at radius 2 is 1.90 bits per heavy atom. The summed E-state index contributed by atoms with van der Waals surface area (Å²) < 4.78 is 1.99. The van der Waals surface area contributed by atoms with E-state index in [0.717, 1.165) is 18.5 Å². The molecule has 1 aromatic carbocycles. The topological polar surface area (TPSA) is 43.8 Å². The van der Waals surface area contributed by atoms with Gasteiger partial charge < -0.3 is 5.73 Å². The molecule has 0 radical (unpaired) electrons. The maximum Gasteiger partial charge on any atom is 0.0640 e. The molecule has 2 rings (SSSR count). The monoisotopic (exact) mass is 271 g/mol. The van der Waals surface area contributed by atoms with Gasteiger partial charge in [0.15, 0.2) is 0 Å². The van der Waals surface area contributed by atoms with Gasteiger partial charge in [0.25, 0.3) is 0 Å². The van der Waals surface area contributed by atoms with Gasteiger partial charge in [-0.15, -0.1) is 0 Å². The summed E-state index contributed by atoms with van der Waals surface area (Å²) in [5.74, 6) is 0. The Bertz CT molecular complexity index is 569. The molecule has 0 saturated heterocycles. The molecule has 108 valence electrons. The Morgan fingerprint density at radius 3 is 2.55 bits per heavy atom. The molecule has 3 heteroatoms. The van der Waals surface area contributed by atoms with E-state index in [2.05, 4.69) is 57.1 Å². The van der Waals surface area contributed by atoms with Crippen molar-refractivity contribution in [1.29, 1.82) is 0 Å². The number of hydrogen-bond donors (Lipinski definition) is 1. The second-order valence-electron chi connectivity index (χ2n) is 5.98. The molecule has 1 unspecified atom stereocenters. The molecule has 3 nitrogen and oxygen atoms in total. The summed E-state index contributed by atoms with van der Waals surface area (Å²) in [6, 6.07) is 9.15. The van der Waals surface area contributed by atoms with Crippen LogP contribution >= 0.6 is 0 Å². The van der Waals surface area contributed by atoms with Gasteiger partial charge in [-0.1, -0.05) is 23.8 Å². The Balaban J connectivity index is 2.01. The molecule has 0 saturated carbocycles. The molecule has 1 aromatic heterocycles. The molecule has 0 aliphatic rings. The lowest BCUT2D eigenvalue weighted by molar-refractivity contribution is 0.521. The normalized spacial score (nSPS) is 12.9. The lowest BCUT2D eigenvalue weighted by Gasteiger charge is -2.13. The Kier molecular flexibility index (Phi) is 4.61. The van der Waals surface area contributed by atoms with E-state index in [1.54, 1.807) is 0 Å². The van der Waals surface area contributed by atoms with Crippen LogP contribution < -0.4 is 5.73 Å². The first-order valence-electron chi connectivity index (χ1n) is 7.31. The fourth-order valence-electron chi connectivity index (χ4n) is 2.42. The number of nitrogens with zero attached hydrogens (tertiary/aromatic N) is 2. The SMILES string of the molecule is Cc1ccc(C)c(CC(N)Cc2ccn(C(C)C)n2)c1. The molecule has 0 bridgehead atoms. The minimum atomic E-state index is 0.117. The fraction of sp³-hybridized carbons (Fsp3) is 0.471. The second kappa shape index (κ2) is 6.23. The zero-order valence-corrected chi connectivity index (χ0v) is 12.9. The molecule has 0 aliphatic carbocycles. The van der Waals surface area contributed by atoms with Crippen LogP contribution in [0.3, 0.4) is 0 Å². The summed E-state index contributed by atoms with van der Waals surface area (Å²) >= 11 is 0. The van der Waals surface area contributed by atoms with Gasteiger partial charge in [-0.2, -0.15) is 5.10 Å². The van der Waals surface area contributed by atoms with Crippen LogP contribution in [-0.4, -0.2) is 15.8 Å². The van der Waals surface area contributed by atoms with Crippen LogP contribution in [-0.2, 0) is 12.8 Å². The zero-order valence-electron chi connectivity index (χ0n) is 12.9. The highest BCUT2D eigenvalue weighted by Crippen LogP contribution is 2.14. The van der Waals surface area contributed by atoms with Gasteiger partial charge in [0, 0.05) is 24.7 Å². The number of aryl methyl sites for hydroxylation is 2. The standard InChI is InChI=1S/C17H25N3/c1-12(2)20-8-7-17(19-20)11-16(18)10-15-9-13(3)5-6-14(15)4/h5-9,12,16H,10-11,18H2,1-4H3. The highest BCUT2D eigenvalue weighted by Gasteiger charge is 2.10. The molecule has 0 aliphatic heterocycles. The first kappa shape index (κ1) is 14.8. The molecule has 1 atom stereocenters. The van der Waals surface area contributed by atoms with Crippen molar-refractivity contribution in [3.05, 3.63) is 52.8 Å². The molecular weight excluding hydrogens is 246 g/mol. The average Bonchev–Trinajstić information content (AvgIpc) is 2.82. The van der Waals surface area contributed by atoms with Crippen molar-refractivity contribution in [2.24, 2.45) is 5.73 Å². The van der Waals surface area contributed by atoms with E-state index >= 15 is 0 Å². The van der Waals surface area contributed by atoms with E-state index < -0.39 is 0 Å². The maximum absolute atomic E-state index is 6.29. The van der Waals surface area contributed by atoms with E-state index in [1.807, 2.05) is 10.9 Å². The summed E-state index contributed by atoms with van der Waals surface area (Å²) in [7, 11) is 0. The lowest BCUT2D eigenvalue weighted by Crippen LogP contribution is -2.26. The van der Waals surface area contributed by atoms with Crippen LogP contribution in [0, 0.1) is 13.8 Å². The number of nitrogens with two attached hydrogens (primary N) is 1. The minimum Gasteiger partial charge on any atom is -0.327 e. The average molecular weight is 271 g/mol. The first-order chi connectivity index (χ1) is 9.45. The molecule has 2 N–H and O–H groups in total. The summed E-state index contributed by atoms with van der Waals surface area (Å²) in [5, 5.41) is 4.57. The van der Waals surface area contributed by atoms with E-state index in [1.165, 1.54) is 16.7 Å². The third-order valence-corrected chi connectivity index (χ3v) is 3.65. The molecule has 1 heterocycles. The summed E-state index contributed by atoms with van der Waals surface area (Å²) in [4.78, 5) is 0. The molecule has 2 aromatic rings. The maximum atomic E-state index is 6.29. The number of benzene rings is 1. The van der Waals surface area contributed by atoms with Crippen molar-refractivity contribution >= 4 is 0 Å². The van der Waals surface area contributed by atoms with Gasteiger partial charge in [-0.05, 0) is 51.3 Å².